The average Bonchev–Trinajstić information content (AvgIpc) is 3.00. The van der Waals surface area contributed by atoms with Crippen molar-refractivity contribution in [3.8, 4) is 0 Å². The molecule has 1 saturated heterocycles. The molecule has 0 N–H and O–H groups in total. The molecule has 1 fully saturated rings. The fourth-order valence-corrected chi connectivity index (χ4v) is 4.16. The SMILES string of the molecule is O=C1CC(CS(=O)(=O)Cl)CN1CCc1ccc2nccn2c1. The minimum absolute atomic E-state index is 0.00553. The standard InChI is InChI=1S/C14H16ClN3O3S/c15-22(20,21)10-12-7-14(19)18(9-12)5-3-11-1-2-13-16-4-6-17(13)8-11/h1-2,4,6,8,12H,3,5,7,9-10H2. The first-order valence-corrected chi connectivity index (χ1v) is 9.50. The van der Waals surface area contributed by atoms with Gasteiger partial charge in [-0.2, -0.15) is 0 Å². The van der Waals surface area contributed by atoms with Crippen LogP contribution in [0, 0.1) is 5.92 Å². The fourth-order valence-electron chi connectivity index (χ4n) is 2.84. The van der Waals surface area contributed by atoms with Crippen LogP contribution in [0.3, 0.4) is 0 Å². The zero-order valence-electron chi connectivity index (χ0n) is 11.9. The number of hydrogen-bond donors (Lipinski definition) is 0. The molecule has 0 saturated carbocycles. The third-order valence-electron chi connectivity index (χ3n) is 3.85. The van der Waals surface area contributed by atoms with Gasteiger partial charge in [-0.1, -0.05) is 6.07 Å². The minimum Gasteiger partial charge on any atom is -0.342 e. The van der Waals surface area contributed by atoms with Gasteiger partial charge in [0.25, 0.3) is 0 Å². The van der Waals surface area contributed by atoms with Crippen molar-refractivity contribution in [3.63, 3.8) is 0 Å². The number of carbonyl (C=O) groups excluding carboxylic acids is 1. The molecule has 118 valence electrons. The Bertz CT molecular complexity index is 803. The maximum absolute atomic E-state index is 11.9. The number of imidazole rings is 1. The molecule has 1 unspecified atom stereocenters. The molecule has 1 amide bonds. The van der Waals surface area contributed by atoms with E-state index in [-0.39, 0.29) is 24.0 Å². The normalized spacial score (nSPS) is 19.2. The van der Waals surface area contributed by atoms with Gasteiger partial charge in [0.15, 0.2) is 0 Å². The van der Waals surface area contributed by atoms with Crippen molar-refractivity contribution in [2.75, 3.05) is 18.8 Å². The molecule has 6 nitrogen and oxygen atoms in total. The molecule has 1 aliphatic rings. The number of halogens is 1. The Hall–Kier alpha value is -1.60. The molecule has 8 heteroatoms. The number of rotatable bonds is 5. The highest BCUT2D eigenvalue weighted by molar-refractivity contribution is 8.13. The molecule has 2 aromatic rings. The molecule has 0 spiro atoms. The average molecular weight is 342 g/mol. The first-order chi connectivity index (χ1) is 10.4. The number of likely N-dealkylation sites (tertiary alicyclic amines) is 1. The lowest BCUT2D eigenvalue weighted by Gasteiger charge is -2.16. The van der Waals surface area contributed by atoms with E-state index in [2.05, 4.69) is 4.98 Å². The van der Waals surface area contributed by atoms with E-state index in [9.17, 15) is 13.2 Å². The van der Waals surface area contributed by atoms with Gasteiger partial charge in [-0.05, 0) is 18.1 Å². The van der Waals surface area contributed by atoms with Crippen molar-refractivity contribution >= 4 is 31.3 Å². The van der Waals surface area contributed by atoms with Gasteiger partial charge in [-0.25, -0.2) is 13.4 Å². The van der Waals surface area contributed by atoms with Gasteiger partial charge in [-0.15, -0.1) is 0 Å². The Labute approximate surface area is 133 Å². The maximum atomic E-state index is 11.9. The summed E-state index contributed by atoms with van der Waals surface area (Å²) in [6.07, 6.45) is 6.58. The molecule has 0 bridgehead atoms. The Morgan fingerprint density at radius 1 is 1.36 bits per heavy atom. The van der Waals surface area contributed by atoms with Crippen LogP contribution in [-0.4, -0.2) is 47.5 Å². The van der Waals surface area contributed by atoms with Gasteiger partial charge in [0.1, 0.15) is 5.65 Å². The predicted octanol–water partition coefficient (Wildman–Crippen LogP) is 1.29. The molecule has 1 aliphatic heterocycles. The Morgan fingerprint density at radius 2 is 2.18 bits per heavy atom. The highest BCUT2D eigenvalue weighted by Gasteiger charge is 2.31. The number of hydrogen-bond acceptors (Lipinski definition) is 4. The molecule has 22 heavy (non-hydrogen) atoms. The van der Waals surface area contributed by atoms with Crippen LogP contribution in [0.25, 0.3) is 5.65 Å². The number of pyridine rings is 1. The zero-order valence-corrected chi connectivity index (χ0v) is 13.4. The van der Waals surface area contributed by atoms with Crippen molar-refractivity contribution in [2.24, 2.45) is 5.92 Å². The van der Waals surface area contributed by atoms with Crippen LogP contribution in [0.5, 0.6) is 0 Å². The summed E-state index contributed by atoms with van der Waals surface area (Å²) in [4.78, 5) is 17.8. The van der Waals surface area contributed by atoms with E-state index < -0.39 is 9.05 Å². The van der Waals surface area contributed by atoms with Crippen molar-refractivity contribution in [2.45, 2.75) is 12.8 Å². The Balaban J connectivity index is 1.60. The zero-order chi connectivity index (χ0) is 15.7. The molecule has 0 aromatic carbocycles. The lowest BCUT2D eigenvalue weighted by molar-refractivity contribution is -0.127. The van der Waals surface area contributed by atoms with Crippen molar-refractivity contribution in [1.29, 1.82) is 0 Å². The summed E-state index contributed by atoms with van der Waals surface area (Å²) in [7, 11) is 1.70. The number of aromatic nitrogens is 2. The van der Waals surface area contributed by atoms with Crippen LogP contribution < -0.4 is 0 Å². The fraction of sp³-hybridized carbons (Fsp3) is 0.429. The molecule has 0 radical (unpaired) electrons. The lowest BCUT2D eigenvalue weighted by atomic mass is 10.1. The lowest BCUT2D eigenvalue weighted by Crippen LogP contribution is -2.28. The summed E-state index contributed by atoms with van der Waals surface area (Å²) in [5, 5.41) is 0. The maximum Gasteiger partial charge on any atom is 0.232 e. The van der Waals surface area contributed by atoms with Gasteiger partial charge in [-0.3, -0.25) is 4.79 Å². The van der Waals surface area contributed by atoms with Gasteiger partial charge >= 0.3 is 0 Å². The van der Waals surface area contributed by atoms with Crippen LogP contribution in [0.2, 0.25) is 0 Å². The monoisotopic (exact) mass is 341 g/mol. The molecule has 0 aliphatic carbocycles. The highest BCUT2D eigenvalue weighted by atomic mass is 35.7. The van der Waals surface area contributed by atoms with Gasteiger partial charge < -0.3 is 9.30 Å². The number of nitrogens with zero attached hydrogens (tertiary/aromatic N) is 3. The first kappa shape index (κ1) is 15.3. The van der Waals surface area contributed by atoms with Crippen LogP contribution in [-0.2, 0) is 20.3 Å². The summed E-state index contributed by atoms with van der Waals surface area (Å²) in [5.74, 6) is -0.349. The van der Waals surface area contributed by atoms with Crippen LogP contribution in [0.1, 0.15) is 12.0 Å². The summed E-state index contributed by atoms with van der Waals surface area (Å²) in [6, 6.07) is 3.92. The van der Waals surface area contributed by atoms with E-state index in [4.69, 9.17) is 10.7 Å². The van der Waals surface area contributed by atoms with E-state index >= 15 is 0 Å². The second-order valence-electron chi connectivity index (χ2n) is 5.60. The van der Waals surface area contributed by atoms with Crippen LogP contribution >= 0.6 is 10.7 Å². The molecule has 3 heterocycles. The second-order valence-corrected chi connectivity index (χ2v) is 8.42. The molecule has 2 aromatic heterocycles. The summed E-state index contributed by atoms with van der Waals surface area (Å²) >= 11 is 0. The van der Waals surface area contributed by atoms with E-state index in [1.807, 2.05) is 28.9 Å². The number of fused-ring (bicyclic) bond motifs is 1. The van der Waals surface area contributed by atoms with Crippen molar-refractivity contribution in [1.82, 2.24) is 14.3 Å². The second kappa shape index (κ2) is 5.89. The van der Waals surface area contributed by atoms with Crippen LogP contribution in [0.15, 0.2) is 30.7 Å². The summed E-state index contributed by atoms with van der Waals surface area (Å²) in [5.41, 5.74) is 1.99. The van der Waals surface area contributed by atoms with E-state index in [0.717, 1.165) is 17.6 Å². The molecular formula is C14H16ClN3O3S. The van der Waals surface area contributed by atoms with E-state index in [1.165, 1.54) is 0 Å². The topological polar surface area (TPSA) is 71.8 Å². The highest BCUT2D eigenvalue weighted by Crippen LogP contribution is 2.21. The predicted molar refractivity (Wildman–Crippen MR) is 83.2 cm³/mol. The van der Waals surface area contributed by atoms with E-state index in [0.29, 0.717) is 13.1 Å². The number of carbonyl (C=O) groups is 1. The van der Waals surface area contributed by atoms with Crippen LogP contribution in [0.4, 0.5) is 0 Å². The van der Waals surface area contributed by atoms with Gasteiger partial charge in [0.05, 0.1) is 5.75 Å². The van der Waals surface area contributed by atoms with Gasteiger partial charge in [0, 0.05) is 54.7 Å². The first-order valence-electron chi connectivity index (χ1n) is 7.02. The van der Waals surface area contributed by atoms with Gasteiger partial charge in [0.2, 0.25) is 15.0 Å². The summed E-state index contributed by atoms with van der Waals surface area (Å²) in [6.45, 7) is 1.04. The Morgan fingerprint density at radius 3 is 2.95 bits per heavy atom. The third-order valence-corrected chi connectivity index (χ3v) is 5.10. The third kappa shape index (κ3) is 3.59. The summed E-state index contributed by atoms with van der Waals surface area (Å²) < 4.78 is 24.1. The molecule has 3 rings (SSSR count). The van der Waals surface area contributed by atoms with Crippen molar-refractivity contribution in [3.05, 3.63) is 36.3 Å². The number of amides is 1. The van der Waals surface area contributed by atoms with E-state index in [1.54, 1.807) is 11.1 Å². The Kier molecular flexibility index (Phi) is 4.10. The molecular weight excluding hydrogens is 326 g/mol. The quantitative estimate of drug-likeness (QED) is 0.768. The molecule has 1 atom stereocenters. The largest absolute Gasteiger partial charge is 0.342 e. The minimum atomic E-state index is -3.56. The smallest absolute Gasteiger partial charge is 0.232 e. The van der Waals surface area contributed by atoms with Crippen molar-refractivity contribution < 1.29 is 13.2 Å².